The van der Waals surface area contributed by atoms with Gasteiger partial charge in [0.25, 0.3) is 0 Å². The summed E-state index contributed by atoms with van der Waals surface area (Å²) in [6.07, 6.45) is 0. The number of nitrogens with zero attached hydrogens (tertiary/aromatic N) is 2. The van der Waals surface area contributed by atoms with Crippen LogP contribution < -0.4 is 5.32 Å². The van der Waals surface area contributed by atoms with E-state index in [4.69, 9.17) is 0 Å². The van der Waals surface area contributed by atoms with E-state index in [1.165, 1.54) is 10.9 Å². The van der Waals surface area contributed by atoms with Gasteiger partial charge in [-0.2, -0.15) is 5.10 Å². The summed E-state index contributed by atoms with van der Waals surface area (Å²) in [5.74, 6) is 0. The number of rotatable bonds is 3. The molecule has 1 aromatic heterocycles. The van der Waals surface area contributed by atoms with Crippen LogP contribution in [0, 0.1) is 6.92 Å². The maximum absolute atomic E-state index is 4.60. The summed E-state index contributed by atoms with van der Waals surface area (Å²) in [5, 5.41) is 9.27. The Morgan fingerprint density at radius 1 is 1.20 bits per heavy atom. The minimum atomic E-state index is 0.721. The molecule has 2 aromatic carbocycles. The molecule has 4 heteroatoms. The normalized spacial score (nSPS) is 10.9. The van der Waals surface area contributed by atoms with Crippen molar-refractivity contribution in [2.45, 2.75) is 13.5 Å². The lowest BCUT2D eigenvalue weighted by molar-refractivity contribution is 0.771. The molecule has 3 nitrogen and oxygen atoms in total. The molecule has 3 aromatic rings. The quantitative estimate of drug-likeness (QED) is 0.778. The number of halogens is 1. The largest absolute Gasteiger partial charge is 0.379 e. The van der Waals surface area contributed by atoms with Crippen molar-refractivity contribution in [3.63, 3.8) is 0 Å². The molecule has 0 aliphatic heterocycles. The molecule has 0 aliphatic rings. The second kappa shape index (κ2) is 5.29. The first-order valence-corrected chi connectivity index (χ1v) is 7.35. The van der Waals surface area contributed by atoms with Crippen LogP contribution in [0.4, 0.5) is 5.69 Å². The fraction of sp³-hybridized carbons (Fsp3) is 0.188. The molecule has 0 aliphatic carbocycles. The van der Waals surface area contributed by atoms with Crippen LogP contribution >= 0.6 is 15.9 Å². The Hall–Kier alpha value is -1.81. The number of anilines is 1. The second-order valence-corrected chi connectivity index (χ2v) is 5.82. The Morgan fingerprint density at radius 2 is 2.00 bits per heavy atom. The third kappa shape index (κ3) is 2.43. The van der Waals surface area contributed by atoms with E-state index < -0.39 is 0 Å². The summed E-state index contributed by atoms with van der Waals surface area (Å²) >= 11 is 3.51. The van der Waals surface area contributed by atoms with E-state index in [0.29, 0.717) is 0 Å². The highest BCUT2D eigenvalue weighted by molar-refractivity contribution is 9.10. The van der Waals surface area contributed by atoms with E-state index in [2.05, 4.69) is 69.7 Å². The zero-order valence-corrected chi connectivity index (χ0v) is 13.1. The van der Waals surface area contributed by atoms with Crippen LogP contribution in [-0.2, 0) is 13.6 Å². The SMILES string of the molecule is Cc1ccc(Br)cc1NCc1nn(C)c2ccccc12. The minimum absolute atomic E-state index is 0.721. The Bertz CT molecular complexity index is 762. The summed E-state index contributed by atoms with van der Waals surface area (Å²) in [4.78, 5) is 0. The van der Waals surface area contributed by atoms with Gasteiger partial charge < -0.3 is 5.32 Å². The first-order valence-electron chi connectivity index (χ1n) is 6.56. The van der Waals surface area contributed by atoms with Gasteiger partial charge in [0.15, 0.2) is 0 Å². The van der Waals surface area contributed by atoms with E-state index in [-0.39, 0.29) is 0 Å². The molecule has 1 heterocycles. The Morgan fingerprint density at radius 3 is 2.85 bits per heavy atom. The standard InChI is InChI=1S/C16H16BrN3/c1-11-7-8-12(17)9-14(11)18-10-15-13-5-3-4-6-16(13)20(2)19-15/h3-9,18H,10H2,1-2H3. The number of hydrogen-bond acceptors (Lipinski definition) is 2. The lowest BCUT2D eigenvalue weighted by Gasteiger charge is -2.08. The molecule has 3 rings (SSSR count). The first-order chi connectivity index (χ1) is 9.65. The fourth-order valence-electron chi connectivity index (χ4n) is 2.38. The smallest absolute Gasteiger partial charge is 0.0894 e. The topological polar surface area (TPSA) is 29.9 Å². The number of aryl methyl sites for hydroxylation is 2. The highest BCUT2D eigenvalue weighted by atomic mass is 79.9. The van der Waals surface area contributed by atoms with Crippen LogP contribution in [0.25, 0.3) is 10.9 Å². The molecular weight excluding hydrogens is 314 g/mol. The maximum atomic E-state index is 4.60. The van der Waals surface area contributed by atoms with Crippen molar-refractivity contribution in [2.24, 2.45) is 7.05 Å². The van der Waals surface area contributed by atoms with Crippen molar-refractivity contribution in [3.05, 3.63) is 58.2 Å². The zero-order valence-electron chi connectivity index (χ0n) is 11.5. The highest BCUT2D eigenvalue weighted by Gasteiger charge is 2.08. The van der Waals surface area contributed by atoms with Crippen molar-refractivity contribution in [1.29, 1.82) is 0 Å². The van der Waals surface area contributed by atoms with E-state index in [9.17, 15) is 0 Å². The average molecular weight is 330 g/mol. The van der Waals surface area contributed by atoms with Gasteiger partial charge in [-0.05, 0) is 30.7 Å². The summed E-state index contributed by atoms with van der Waals surface area (Å²) in [5.41, 5.74) is 4.60. The van der Waals surface area contributed by atoms with Gasteiger partial charge in [0.05, 0.1) is 17.8 Å². The predicted octanol–water partition coefficient (Wildman–Crippen LogP) is 4.26. The third-order valence-electron chi connectivity index (χ3n) is 3.48. The van der Waals surface area contributed by atoms with Crippen molar-refractivity contribution in [2.75, 3.05) is 5.32 Å². The lowest BCUT2D eigenvalue weighted by atomic mass is 10.2. The molecular formula is C16H16BrN3. The first kappa shape index (κ1) is 13.2. The molecule has 0 amide bonds. The molecule has 0 unspecified atom stereocenters. The molecule has 0 saturated heterocycles. The van der Waals surface area contributed by atoms with Crippen molar-refractivity contribution in [1.82, 2.24) is 9.78 Å². The maximum Gasteiger partial charge on any atom is 0.0894 e. The van der Waals surface area contributed by atoms with Gasteiger partial charge in [0, 0.05) is 22.6 Å². The fourth-order valence-corrected chi connectivity index (χ4v) is 2.74. The van der Waals surface area contributed by atoms with Crippen molar-refractivity contribution < 1.29 is 0 Å². The Labute approximate surface area is 126 Å². The van der Waals surface area contributed by atoms with Gasteiger partial charge in [0.2, 0.25) is 0 Å². The van der Waals surface area contributed by atoms with Crippen LogP contribution in [0.5, 0.6) is 0 Å². The molecule has 0 fully saturated rings. The summed E-state index contributed by atoms with van der Waals surface area (Å²) < 4.78 is 3.01. The molecule has 1 N–H and O–H groups in total. The van der Waals surface area contributed by atoms with Crippen LogP contribution in [0.3, 0.4) is 0 Å². The van der Waals surface area contributed by atoms with Crippen molar-refractivity contribution >= 4 is 32.5 Å². The number of hydrogen-bond donors (Lipinski definition) is 1. The van der Waals surface area contributed by atoms with Crippen LogP contribution in [-0.4, -0.2) is 9.78 Å². The number of benzene rings is 2. The van der Waals surface area contributed by atoms with E-state index in [1.807, 2.05) is 17.8 Å². The summed E-state index contributed by atoms with van der Waals surface area (Å²) in [6.45, 7) is 2.82. The molecule has 0 atom stereocenters. The van der Waals surface area contributed by atoms with Crippen LogP contribution in [0.2, 0.25) is 0 Å². The predicted molar refractivity (Wildman–Crippen MR) is 86.9 cm³/mol. The molecule has 20 heavy (non-hydrogen) atoms. The van der Waals surface area contributed by atoms with Gasteiger partial charge in [-0.1, -0.05) is 40.2 Å². The number of nitrogens with one attached hydrogen (secondary N) is 1. The Balaban J connectivity index is 1.89. The average Bonchev–Trinajstić information content (AvgIpc) is 2.77. The van der Waals surface area contributed by atoms with E-state index in [0.717, 1.165) is 27.9 Å². The van der Waals surface area contributed by atoms with Crippen molar-refractivity contribution in [3.8, 4) is 0 Å². The van der Waals surface area contributed by atoms with Gasteiger partial charge in [0.1, 0.15) is 0 Å². The van der Waals surface area contributed by atoms with Crippen LogP contribution in [0.15, 0.2) is 46.9 Å². The molecule has 0 saturated carbocycles. The minimum Gasteiger partial charge on any atom is -0.379 e. The number of fused-ring (bicyclic) bond motifs is 1. The monoisotopic (exact) mass is 329 g/mol. The van der Waals surface area contributed by atoms with E-state index >= 15 is 0 Å². The molecule has 102 valence electrons. The summed E-state index contributed by atoms with van der Waals surface area (Å²) in [6, 6.07) is 14.6. The summed E-state index contributed by atoms with van der Waals surface area (Å²) in [7, 11) is 1.98. The van der Waals surface area contributed by atoms with Gasteiger partial charge in [-0.15, -0.1) is 0 Å². The highest BCUT2D eigenvalue weighted by Crippen LogP contribution is 2.23. The number of aromatic nitrogens is 2. The molecule has 0 radical (unpaired) electrons. The van der Waals surface area contributed by atoms with Gasteiger partial charge >= 0.3 is 0 Å². The zero-order chi connectivity index (χ0) is 14.1. The lowest BCUT2D eigenvalue weighted by Crippen LogP contribution is -2.02. The Kier molecular flexibility index (Phi) is 3.49. The number of para-hydroxylation sites is 1. The van der Waals surface area contributed by atoms with E-state index in [1.54, 1.807) is 0 Å². The third-order valence-corrected chi connectivity index (χ3v) is 3.97. The second-order valence-electron chi connectivity index (χ2n) is 4.90. The molecule has 0 bridgehead atoms. The molecule has 0 spiro atoms. The van der Waals surface area contributed by atoms with Crippen LogP contribution in [0.1, 0.15) is 11.3 Å². The van der Waals surface area contributed by atoms with Gasteiger partial charge in [-0.3, -0.25) is 4.68 Å². The van der Waals surface area contributed by atoms with Gasteiger partial charge in [-0.25, -0.2) is 0 Å².